The van der Waals surface area contributed by atoms with Gasteiger partial charge in [0.2, 0.25) is 0 Å². The van der Waals surface area contributed by atoms with Gasteiger partial charge in [-0.15, -0.1) is 0 Å². The standard InChI is InChI=1S/C13H17BrO/c1-2-3-9-15-11-13(14)10-12-7-5-4-6-8-12/h4-8,10H,2-3,9,11H2,1H3/b13-10+. The summed E-state index contributed by atoms with van der Waals surface area (Å²) in [5, 5.41) is 0. The molecule has 0 saturated carbocycles. The maximum Gasteiger partial charge on any atom is 0.0782 e. The number of ether oxygens (including phenoxy) is 1. The predicted molar refractivity (Wildman–Crippen MR) is 69.1 cm³/mol. The summed E-state index contributed by atoms with van der Waals surface area (Å²) >= 11 is 3.50. The van der Waals surface area contributed by atoms with Crippen LogP contribution in [0.3, 0.4) is 0 Å². The fourth-order valence-corrected chi connectivity index (χ4v) is 1.61. The summed E-state index contributed by atoms with van der Waals surface area (Å²) < 4.78 is 6.58. The minimum atomic E-state index is 0.662. The molecule has 0 aromatic heterocycles. The molecule has 0 radical (unpaired) electrons. The van der Waals surface area contributed by atoms with E-state index < -0.39 is 0 Å². The van der Waals surface area contributed by atoms with Crippen LogP contribution >= 0.6 is 15.9 Å². The largest absolute Gasteiger partial charge is 0.376 e. The molecule has 0 amide bonds. The maximum absolute atomic E-state index is 5.49. The quantitative estimate of drug-likeness (QED) is 0.702. The van der Waals surface area contributed by atoms with Crippen molar-refractivity contribution in [1.29, 1.82) is 0 Å². The van der Waals surface area contributed by atoms with Crippen molar-refractivity contribution in [2.45, 2.75) is 19.8 Å². The van der Waals surface area contributed by atoms with E-state index in [0.29, 0.717) is 6.61 Å². The molecule has 0 fully saturated rings. The number of unbranched alkanes of at least 4 members (excludes halogenated alkanes) is 1. The van der Waals surface area contributed by atoms with Crippen molar-refractivity contribution in [2.24, 2.45) is 0 Å². The highest BCUT2D eigenvalue weighted by Crippen LogP contribution is 2.12. The summed E-state index contributed by atoms with van der Waals surface area (Å²) in [7, 11) is 0. The molecule has 1 aromatic carbocycles. The van der Waals surface area contributed by atoms with E-state index in [9.17, 15) is 0 Å². The zero-order chi connectivity index (χ0) is 10.9. The molecule has 2 heteroatoms. The monoisotopic (exact) mass is 268 g/mol. The fraction of sp³-hybridized carbons (Fsp3) is 0.385. The Morgan fingerprint density at radius 2 is 2.07 bits per heavy atom. The van der Waals surface area contributed by atoms with Crippen LogP contribution in [-0.2, 0) is 4.74 Å². The van der Waals surface area contributed by atoms with Crippen molar-refractivity contribution in [1.82, 2.24) is 0 Å². The summed E-state index contributed by atoms with van der Waals surface area (Å²) in [5.41, 5.74) is 1.20. The van der Waals surface area contributed by atoms with Crippen LogP contribution in [0.5, 0.6) is 0 Å². The van der Waals surface area contributed by atoms with E-state index in [-0.39, 0.29) is 0 Å². The van der Waals surface area contributed by atoms with Gasteiger partial charge in [0.1, 0.15) is 0 Å². The summed E-state index contributed by atoms with van der Waals surface area (Å²) in [4.78, 5) is 0. The second kappa shape index (κ2) is 7.66. The topological polar surface area (TPSA) is 9.23 Å². The number of rotatable bonds is 6. The van der Waals surface area contributed by atoms with Gasteiger partial charge in [-0.05, 0) is 18.1 Å². The molecule has 0 aliphatic heterocycles. The molecule has 0 aliphatic carbocycles. The molecule has 0 bridgehead atoms. The third-order valence-corrected chi connectivity index (χ3v) is 2.46. The summed E-state index contributed by atoms with van der Waals surface area (Å²) in [6.07, 6.45) is 4.40. The van der Waals surface area contributed by atoms with Crippen LogP contribution in [0, 0.1) is 0 Å². The van der Waals surface area contributed by atoms with Crippen molar-refractivity contribution < 1.29 is 4.74 Å². The first-order valence-electron chi connectivity index (χ1n) is 5.32. The van der Waals surface area contributed by atoms with Crippen LogP contribution in [0.4, 0.5) is 0 Å². The van der Waals surface area contributed by atoms with E-state index in [1.54, 1.807) is 0 Å². The van der Waals surface area contributed by atoms with E-state index in [1.807, 2.05) is 18.2 Å². The van der Waals surface area contributed by atoms with E-state index in [1.165, 1.54) is 12.0 Å². The molecule has 0 spiro atoms. The molecular weight excluding hydrogens is 252 g/mol. The highest BCUT2D eigenvalue weighted by molar-refractivity contribution is 9.11. The van der Waals surface area contributed by atoms with Gasteiger partial charge in [-0.2, -0.15) is 0 Å². The second-order valence-electron chi connectivity index (χ2n) is 3.41. The Morgan fingerprint density at radius 1 is 1.33 bits per heavy atom. The molecule has 1 nitrogen and oxygen atoms in total. The van der Waals surface area contributed by atoms with E-state index >= 15 is 0 Å². The third kappa shape index (κ3) is 5.75. The average molecular weight is 269 g/mol. The molecular formula is C13H17BrO. The van der Waals surface area contributed by atoms with Crippen LogP contribution in [0.2, 0.25) is 0 Å². The average Bonchev–Trinajstić information content (AvgIpc) is 2.26. The van der Waals surface area contributed by atoms with Gasteiger partial charge < -0.3 is 4.74 Å². The van der Waals surface area contributed by atoms with Crippen LogP contribution in [-0.4, -0.2) is 13.2 Å². The normalized spacial score (nSPS) is 11.7. The molecule has 1 aromatic rings. The number of benzene rings is 1. The van der Waals surface area contributed by atoms with Gasteiger partial charge in [0.15, 0.2) is 0 Å². The van der Waals surface area contributed by atoms with Gasteiger partial charge in [0.05, 0.1) is 6.61 Å². The Labute approximate surface area is 100 Å². The Balaban J connectivity index is 2.33. The van der Waals surface area contributed by atoms with Gasteiger partial charge in [0, 0.05) is 11.1 Å². The van der Waals surface area contributed by atoms with Crippen LogP contribution < -0.4 is 0 Å². The van der Waals surface area contributed by atoms with Crippen LogP contribution in [0.15, 0.2) is 34.8 Å². The highest BCUT2D eigenvalue weighted by Gasteiger charge is 1.93. The minimum absolute atomic E-state index is 0.662. The summed E-state index contributed by atoms with van der Waals surface area (Å²) in [6, 6.07) is 10.2. The Bertz CT molecular complexity index is 293. The van der Waals surface area contributed by atoms with Crippen molar-refractivity contribution in [2.75, 3.05) is 13.2 Å². The van der Waals surface area contributed by atoms with Gasteiger partial charge in [-0.3, -0.25) is 0 Å². The minimum Gasteiger partial charge on any atom is -0.376 e. The SMILES string of the molecule is CCCCOC/C(Br)=C\c1ccccc1. The molecule has 0 saturated heterocycles. The van der Waals surface area contributed by atoms with Crippen LogP contribution in [0.1, 0.15) is 25.3 Å². The molecule has 0 atom stereocenters. The molecule has 0 N–H and O–H groups in total. The lowest BCUT2D eigenvalue weighted by atomic mass is 10.2. The van der Waals surface area contributed by atoms with E-state index in [2.05, 4.69) is 41.1 Å². The Morgan fingerprint density at radius 3 is 2.73 bits per heavy atom. The highest BCUT2D eigenvalue weighted by atomic mass is 79.9. The number of hydrogen-bond donors (Lipinski definition) is 0. The maximum atomic E-state index is 5.49. The molecule has 0 aliphatic rings. The van der Waals surface area contributed by atoms with Crippen molar-refractivity contribution in [3.05, 3.63) is 40.4 Å². The number of hydrogen-bond acceptors (Lipinski definition) is 1. The number of halogens is 1. The van der Waals surface area contributed by atoms with Crippen molar-refractivity contribution in [3.63, 3.8) is 0 Å². The van der Waals surface area contributed by atoms with Gasteiger partial charge in [-0.25, -0.2) is 0 Å². The first-order chi connectivity index (χ1) is 7.33. The lowest BCUT2D eigenvalue weighted by Crippen LogP contribution is -1.95. The molecule has 82 valence electrons. The molecule has 0 unspecified atom stereocenters. The van der Waals surface area contributed by atoms with E-state index in [0.717, 1.165) is 17.5 Å². The van der Waals surface area contributed by atoms with Crippen LogP contribution in [0.25, 0.3) is 6.08 Å². The van der Waals surface area contributed by atoms with Crippen molar-refractivity contribution in [3.8, 4) is 0 Å². The fourth-order valence-electron chi connectivity index (χ4n) is 1.19. The zero-order valence-electron chi connectivity index (χ0n) is 9.08. The van der Waals surface area contributed by atoms with Gasteiger partial charge in [-0.1, -0.05) is 59.6 Å². The molecule has 1 rings (SSSR count). The third-order valence-electron chi connectivity index (χ3n) is 2.01. The first kappa shape index (κ1) is 12.5. The van der Waals surface area contributed by atoms with Gasteiger partial charge >= 0.3 is 0 Å². The summed E-state index contributed by atoms with van der Waals surface area (Å²) in [5.74, 6) is 0. The molecule has 15 heavy (non-hydrogen) atoms. The first-order valence-corrected chi connectivity index (χ1v) is 6.11. The smallest absolute Gasteiger partial charge is 0.0782 e. The van der Waals surface area contributed by atoms with Crippen molar-refractivity contribution >= 4 is 22.0 Å². The lowest BCUT2D eigenvalue weighted by Gasteiger charge is -2.02. The Kier molecular flexibility index (Phi) is 6.37. The van der Waals surface area contributed by atoms with Gasteiger partial charge in [0.25, 0.3) is 0 Å². The predicted octanol–water partition coefficient (Wildman–Crippen LogP) is 4.24. The Hall–Kier alpha value is -0.600. The van der Waals surface area contributed by atoms with E-state index in [4.69, 9.17) is 4.74 Å². The lowest BCUT2D eigenvalue weighted by molar-refractivity contribution is 0.158. The second-order valence-corrected chi connectivity index (χ2v) is 4.43. The molecule has 0 heterocycles. The summed E-state index contributed by atoms with van der Waals surface area (Å²) in [6.45, 7) is 3.67. The zero-order valence-corrected chi connectivity index (χ0v) is 10.7.